The molecule has 1 amide bonds. The van der Waals surface area contributed by atoms with Crippen LogP contribution in [0.4, 0.5) is 5.69 Å². The van der Waals surface area contributed by atoms with Gasteiger partial charge in [0.2, 0.25) is 0 Å². The molecule has 1 N–H and O–H groups in total. The summed E-state index contributed by atoms with van der Waals surface area (Å²) in [6.45, 7) is 1.50. The van der Waals surface area contributed by atoms with E-state index in [4.69, 9.17) is 18.3 Å². The van der Waals surface area contributed by atoms with Crippen molar-refractivity contribution in [2.24, 2.45) is 0 Å². The molecule has 0 spiro atoms. The standard InChI is InChI=1S/C27H21N3O6/c1-16(26(31)28-18-8-10-19(33-2)11-9-18)36-27(32)17-7-12-20-21(15-17)30-25(23-6-4-14-35-23)24(29-20)22-5-3-13-34-22/h3-16H,1-2H3,(H,28,31). The van der Waals surface area contributed by atoms with Gasteiger partial charge in [0.25, 0.3) is 5.91 Å². The average Bonchev–Trinajstić information content (AvgIpc) is 3.63. The highest BCUT2D eigenvalue weighted by molar-refractivity contribution is 5.99. The minimum Gasteiger partial charge on any atom is -0.497 e. The lowest BCUT2D eigenvalue weighted by Crippen LogP contribution is -2.30. The van der Waals surface area contributed by atoms with E-state index in [0.29, 0.717) is 45.4 Å². The van der Waals surface area contributed by atoms with E-state index in [-0.39, 0.29) is 5.56 Å². The van der Waals surface area contributed by atoms with Crippen LogP contribution < -0.4 is 10.1 Å². The van der Waals surface area contributed by atoms with Crippen molar-refractivity contribution < 1.29 is 27.9 Å². The maximum atomic E-state index is 12.8. The van der Waals surface area contributed by atoms with E-state index < -0.39 is 18.0 Å². The van der Waals surface area contributed by atoms with Crippen LogP contribution in [0.15, 0.2) is 88.1 Å². The van der Waals surface area contributed by atoms with Crippen LogP contribution in [0.5, 0.6) is 5.75 Å². The summed E-state index contributed by atoms with van der Waals surface area (Å²) in [5.41, 5.74) is 2.79. The number of carbonyl (C=O) groups excluding carboxylic acids is 2. The SMILES string of the molecule is COc1ccc(NC(=O)C(C)OC(=O)c2ccc3nc(-c4ccco4)c(-c4ccco4)nc3c2)cc1. The molecule has 0 radical (unpaired) electrons. The molecule has 0 bridgehead atoms. The van der Waals surface area contributed by atoms with Gasteiger partial charge in [-0.1, -0.05) is 0 Å². The van der Waals surface area contributed by atoms with Crippen LogP contribution >= 0.6 is 0 Å². The second kappa shape index (κ2) is 9.75. The van der Waals surface area contributed by atoms with Crippen molar-refractivity contribution in [3.05, 3.63) is 84.8 Å². The quantitative estimate of drug-likeness (QED) is 0.308. The average molecular weight is 483 g/mol. The molecule has 36 heavy (non-hydrogen) atoms. The Morgan fingerprint density at radius 3 is 2.08 bits per heavy atom. The molecule has 3 aromatic heterocycles. The maximum Gasteiger partial charge on any atom is 0.338 e. The first-order valence-electron chi connectivity index (χ1n) is 11.1. The van der Waals surface area contributed by atoms with Gasteiger partial charge < -0.3 is 23.6 Å². The molecule has 5 aromatic rings. The molecule has 1 atom stereocenters. The summed E-state index contributed by atoms with van der Waals surface area (Å²) in [6, 6.07) is 18.7. The van der Waals surface area contributed by atoms with Gasteiger partial charge in [-0.05, 0) is 73.7 Å². The molecule has 5 rings (SSSR count). The number of methoxy groups -OCH3 is 1. The second-order valence-corrected chi connectivity index (χ2v) is 7.84. The highest BCUT2D eigenvalue weighted by atomic mass is 16.5. The zero-order valence-electron chi connectivity index (χ0n) is 19.4. The van der Waals surface area contributed by atoms with Gasteiger partial charge in [-0.3, -0.25) is 4.79 Å². The Morgan fingerprint density at radius 2 is 1.50 bits per heavy atom. The van der Waals surface area contributed by atoms with Crippen molar-refractivity contribution >= 4 is 28.6 Å². The van der Waals surface area contributed by atoms with Crippen molar-refractivity contribution in [2.75, 3.05) is 12.4 Å². The number of hydrogen-bond acceptors (Lipinski definition) is 8. The number of hydrogen-bond donors (Lipinski definition) is 1. The zero-order chi connectivity index (χ0) is 25.1. The molecule has 1 unspecified atom stereocenters. The van der Waals surface area contributed by atoms with E-state index >= 15 is 0 Å². The fraction of sp³-hybridized carbons (Fsp3) is 0.111. The Labute approximate surface area is 205 Å². The largest absolute Gasteiger partial charge is 0.497 e. The topological polar surface area (TPSA) is 117 Å². The predicted molar refractivity (Wildman–Crippen MR) is 131 cm³/mol. The lowest BCUT2D eigenvalue weighted by Gasteiger charge is -2.14. The lowest BCUT2D eigenvalue weighted by molar-refractivity contribution is -0.123. The van der Waals surface area contributed by atoms with Crippen LogP contribution in [0.25, 0.3) is 33.9 Å². The van der Waals surface area contributed by atoms with Crippen LogP contribution in [0.2, 0.25) is 0 Å². The van der Waals surface area contributed by atoms with Gasteiger partial charge in [0.1, 0.15) is 17.1 Å². The van der Waals surface area contributed by atoms with Crippen LogP contribution in [0.1, 0.15) is 17.3 Å². The minimum atomic E-state index is -1.03. The monoisotopic (exact) mass is 483 g/mol. The molecule has 0 saturated heterocycles. The molecule has 3 heterocycles. The fourth-order valence-corrected chi connectivity index (χ4v) is 3.55. The van der Waals surface area contributed by atoms with Gasteiger partial charge in [0, 0.05) is 5.69 Å². The normalized spacial score (nSPS) is 11.7. The third kappa shape index (κ3) is 4.67. The van der Waals surface area contributed by atoms with Gasteiger partial charge in [-0.15, -0.1) is 0 Å². The molecule has 0 aliphatic carbocycles. The van der Waals surface area contributed by atoms with Gasteiger partial charge in [-0.25, -0.2) is 14.8 Å². The number of nitrogens with one attached hydrogen (secondary N) is 1. The van der Waals surface area contributed by atoms with Gasteiger partial charge in [0.05, 0.1) is 36.2 Å². The van der Waals surface area contributed by atoms with E-state index in [2.05, 4.69) is 15.3 Å². The second-order valence-electron chi connectivity index (χ2n) is 7.84. The van der Waals surface area contributed by atoms with E-state index in [9.17, 15) is 9.59 Å². The van der Waals surface area contributed by atoms with Crippen molar-refractivity contribution in [2.45, 2.75) is 13.0 Å². The predicted octanol–water partition coefficient (Wildman–Crippen LogP) is 5.34. The molecular formula is C27H21N3O6. The Hall–Kier alpha value is -4.92. The Morgan fingerprint density at radius 1 is 0.861 bits per heavy atom. The van der Waals surface area contributed by atoms with E-state index in [0.717, 1.165) is 0 Å². The number of aromatic nitrogens is 2. The summed E-state index contributed by atoms with van der Waals surface area (Å²) in [7, 11) is 1.56. The van der Waals surface area contributed by atoms with Crippen molar-refractivity contribution in [1.29, 1.82) is 0 Å². The third-order valence-corrected chi connectivity index (χ3v) is 5.42. The van der Waals surface area contributed by atoms with E-state index in [1.165, 1.54) is 6.92 Å². The first kappa shape index (κ1) is 22.9. The van der Waals surface area contributed by atoms with E-state index in [1.807, 2.05) is 0 Å². The Balaban J connectivity index is 1.37. The molecule has 9 heteroatoms. The first-order chi connectivity index (χ1) is 17.5. The van der Waals surface area contributed by atoms with Gasteiger partial charge >= 0.3 is 5.97 Å². The Bertz CT molecular complexity index is 1510. The fourth-order valence-electron chi connectivity index (χ4n) is 3.55. The van der Waals surface area contributed by atoms with Gasteiger partial charge in [-0.2, -0.15) is 0 Å². The summed E-state index contributed by atoms with van der Waals surface area (Å²) in [4.78, 5) is 34.7. The third-order valence-electron chi connectivity index (χ3n) is 5.42. The number of esters is 1. The number of rotatable bonds is 7. The van der Waals surface area contributed by atoms with Crippen LogP contribution in [-0.2, 0) is 9.53 Å². The molecule has 0 aliphatic rings. The van der Waals surface area contributed by atoms with Crippen LogP contribution in [0, 0.1) is 0 Å². The summed E-state index contributed by atoms with van der Waals surface area (Å²) >= 11 is 0. The van der Waals surface area contributed by atoms with Gasteiger partial charge in [0.15, 0.2) is 17.6 Å². The molecule has 180 valence electrons. The molecule has 2 aromatic carbocycles. The lowest BCUT2D eigenvalue weighted by atomic mass is 10.1. The summed E-state index contributed by atoms with van der Waals surface area (Å²) < 4.78 is 21.6. The molecular weight excluding hydrogens is 462 g/mol. The first-order valence-corrected chi connectivity index (χ1v) is 11.1. The van der Waals surface area contributed by atoms with Crippen molar-refractivity contribution in [3.63, 3.8) is 0 Å². The number of furan rings is 2. The molecule has 0 fully saturated rings. The Kier molecular flexibility index (Phi) is 6.19. The van der Waals surface area contributed by atoms with Crippen LogP contribution in [0.3, 0.4) is 0 Å². The number of benzene rings is 2. The number of fused-ring (bicyclic) bond motifs is 1. The zero-order valence-corrected chi connectivity index (χ0v) is 19.4. The number of nitrogens with zero attached hydrogens (tertiary/aromatic N) is 2. The molecule has 0 aliphatic heterocycles. The maximum absolute atomic E-state index is 12.8. The molecule has 0 saturated carbocycles. The van der Waals surface area contributed by atoms with Crippen LogP contribution in [-0.4, -0.2) is 35.1 Å². The summed E-state index contributed by atoms with van der Waals surface area (Å²) in [6.07, 6.45) is 2.07. The highest BCUT2D eigenvalue weighted by Crippen LogP contribution is 2.31. The van der Waals surface area contributed by atoms with Crippen molar-refractivity contribution in [3.8, 4) is 28.7 Å². The van der Waals surface area contributed by atoms with E-state index in [1.54, 1.807) is 86.4 Å². The van der Waals surface area contributed by atoms with Crippen molar-refractivity contribution in [1.82, 2.24) is 9.97 Å². The highest BCUT2D eigenvalue weighted by Gasteiger charge is 2.21. The smallest absolute Gasteiger partial charge is 0.338 e. The number of amides is 1. The molecule has 9 nitrogen and oxygen atoms in total. The summed E-state index contributed by atoms with van der Waals surface area (Å²) in [5.74, 6) is 0.588. The minimum absolute atomic E-state index is 0.233. The number of ether oxygens (including phenoxy) is 2. The summed E-state index contributed by atoms with van der Waals surface area (Å²) in [5, 5.41) is 2.71. The number of anilines is 1. The number of carbonyl (C=O) groups is 2.